The second-order valence-electron chi connectivity index (χ2n) is 4.36. The summed E-state index contributed by atoms with van der Waals surface area (Å²) in [6, 6.07) is 5.12. The second kappa shape index (κ2) is 5.71. The molecule has 0 spiro atoms. The molecule has 0 amide bonds. The minimum atomic E-state index is 0.389. The molecule has 0 aliphatic heterocycles. The first-order valence-corrected chi connectivity index (χ1v) is 6.83. The summed E-state index contributed by atoms with van der Waals surface area (Å²) in [5, 5.41) is 9.02. The molecule has 106 valence electrons. The second-order valence-corrected chi connectivity index (χ2v) is 5.20. The van der Waals surface area contributed by atoms with E-state index in [-0.39, 0.29) is 0 Å². The summed E-state index contributed by atoms with van der Waals surface area (Å²) in [5.41, 5.74) is 1.62. The Balaban J connectivity index is 1.84. The molecule has 0 N–H and O–H groups in total. The summed E-state index contributed by atoms with van der Waals surface area (Å²) in [6.07, 6.45) is 7.18. The first-order valence-electron chi connectivity index (χ1n) is 6.08. The quantitative estimate of drug-likeness (QED) is 0.733. The number of hydrogen-bond donors (Lipinski definition) is 0. The molecule has 0 saturated heterocycles. The van der Waals surface area contributed by atoms with Gasteiger partial charge in [0.1, 0.15) is 0 Å². The lowest BCUT2D eigenvalue weighted by atomic mass is 10.2. The molecule has 0 atom stereocenters. The van der Waals surface area contributed by atoms with Crippen LogP contribution in [0.3, 0.4) is 0 Å². The fraction of sp³-hybridized carbons (Fsp3) is 0.0714. The number of aromatic nitrogens is 4. The third-order valence-electron chi connectivity index (χ3n) is 2.76. The van der Waals surface area contributed by atoms with Crippen molar-refractivity contribution in [1.82, 2.24) is 19.9 Å². The van der Waals surface area contributed by atoms with Crippen molar-refractivity contribution in [2.45, 2.75) is 0 Å². The van der Waals surface area contributed by atoms with Crippen LogP contribution in [0.2, 0.25) is 10.0 Å². The maximum absolute atomic E-state index is 6.11. The molecule has 2 heterocycles. The van der Waals surface area contributed by atoms with Crippen molar-refractivity contribution in [3.05, 3.63) is 52.1 Å². The molecule has 0 unspecified atom stereocenters. The fourth-order valence-corrected chi connectivity index (χ4v) is 2.27. The summed E-state index contributed by atoms with van der Waals surface area (Å²) >= 11 is 12.0. The van der Waals surface area contributed by atoms with Crippen LogP contribution in [0.5, 0.6) is 0 Å². The van der Waals surface area contributed by atoms with E-state index in [0.29, 0.717) is 27.3 Å². The maximum Gasteiger partial charge on any atom is 0.250 e. The van der Waals surface area contributed by atoms with Gasteiger partial charge in [0, 0.05) is 35.5 Å². The van der Waals surface area contributed by atoms with Crippen LogP contribution >= 0.6 is 23.2 Å². The Kier molecular flexibility index (Phi) is 3.77. The van der Waals surface area contributed by atoms with Crippen molar-refractivity contribution in [3.63, 3.8) is 0 Å². The zero-order valence-corrected chi connectivity index (χ0v) is 12.5. The lowest BCUT2D eigenvalue weighted by molar-refractivity contribution is 0.411. The first-order chi connectivity index (χ1) is 10.1. The van der Waals surface area contributed by atoms with Gasteiger partial charge in [-0.15, -0.1) is 0 Å². The van der Waals surface area contributed by atoms with E-state index in [1.165, 1.54) is 0 Å². The monoisotopic (exact) mass is 320 g/mol. The van der Waals surface area contributed by atoms with Gasteiger partial charge in [0.25, 0.3) is 5.89 Å². The molecule has 0 fully saturated rings. The molecule has 21 heavy (non-hydrogen) atoms. The third kappa shape index (κ3) is 3.15. The van der Waals surface area contributed by atoms with Crippen molar-refractivity contribution >= 4 is 35.4 Å². The summed E-state index contributed by atoms with van der Waals surface area (Å²) in [4.78, 5) is 4.27. The van der Waals surface area contributed by atoms with Gasteiger partial charge in [0.2, 0.25) is 5.82 Å². The Bertz CT molecular complexity index is 807. The van der Waals surface area contributed by atoms with Gasteiger partial charge in [-0.3, -0.25) is 4.68 Å². The standard InChI is InChI=1S/C14H10Cl2N4O/c1-20-8-9(7-17-20)2-5-13-18-14(19-21-13)11-4-3-10(15)6-12(11)16/h2-8H,1H3/b5-2+. The molecule has 7 heteroatoms. The van der Waals surface area contributed by atoms with Crippen molar-refractivity contribution in [2.75, 3.05) is 0 Å². The van der Waals surface area contributed by atoms with Crippen molar-refractivity contribution in [1.29, 1.82) is 0 Å². The molecular weight excluding hydrogens is 311 g/mol. The van der Waals surface area contributed by atoms with Gasteiger partial charge < -0.3 is 4.52 Å². The molecule has 0 aliphatic rings. The van der Waals surface area contributed by atoms with Gasteiger partial charge in [0.15, 0.2) is 0 Å². The normalized spacial score (nSPS) is 11.4. The maximum atomic E-state index is 6.11. The van der Waals surface area contributed by atoms with Crippen LogP contribution in [0.1, 0.15) is 11.5 Å². The highest BCUT2D eigenvalue weighted by Crippen LogP contribution is 2.28. The molecular formula is C14H10Cl2N4O. The van der Waals surface area contributed by atoms with Gasteiger partial charge >= 0.3 is 0 Å². The van der Waals surface area contributed by atoms with Crippen LogP contribution in [-0.2, 0) is 7.05 Å². The highest BCUT2D eigenvalue weighted by Gasteiger charge is 2.10. The zero-order chi connectivity index (χ0) is 14.8. The van der Waals surface area contributed by atoms with Crippen molar-refractivity contribution < 1.29 is 4.52 Å². The zero-order valence-electron chi connectivity index (χ0n) is 11.0. The van der Waals surface area contributed by atoms with Crippen LogP contribution in [0.25, 0.3) is 23.5 Å². The Morgan fingerprint density at radius 3 is 2.81 bits per heavy atom. The average molecular weight is 321 g/mol. The number of aryl methyl sites for hydroxylation is 1. The van der Waals surface area contributed by atoms with E-state index in [0.717, 1.165) is 5.56 Å². The Morgan fingerprint density at radius 1 is 1.24 bits per heavy atom. The Morgan fingerprint density at radius 2 is 2.10 bits per heavy atom. The molecule has 0 radical (unpaired) electrons. The predicted octanol–water partition coefficient (Wildman–Crippen LogP) is 3.95. The number of nitrogens with zero attached hydrogens (tertiary/aromatic N) is 4. The first kappa shape index (κ1) is 13.9. The molecule has 5 nitrogen and oxygen atoms in total. The minimum absolute atomic E-state index is 0.389. The van der Waals surface area contributed by atoms with Crippen LogP contribution in [-0.4, -0.2) is 19.9 Å². The van der Waals surface area contributed by atoms with Crippen LogP contribution in [0.4, 0.5) is 0 Å². The Hall–Kier alpha value is -2.11. The van der Waals surface area contributed by atoms with E-state index in [1.807, 2.05) is 19.3 Å². The van der Waals surface area contributed by atoms with Gasteiger partial charge in [0.05, 0.1) is 11.2 Å². The minimum Gasteiger partial charge on any atom is -0.334 e. The van der Waals surface area contributed by atoms with E-state index in [1.54, 1.807) is 35.2 Å². The molecule has 0 bridgehead atoms. The smallest absolute Gasteiger partial charge is 0.250 e. The van der Waals surface area contributed by atoms with Crippen molar-refractivity contribution in [3.8, 4) is 11.4 Å². The molecule has 3 rings (SSSR count). The molecule has 0 saturated carbocycles. The van der Waals surface area contributed by atoms with Crippen molar-refractivity contribution in [2.24, 2.45) is 7.05 Å². The molecule has 2 aromatic heterocycles. The number of benzene rings is 1. The average Bonchev–Trinajstić information content (AvgIpc) is 3.05. The van der Waals surface area contributed by atoms with E-state index >= 15 is 0 Å². The summed E-state index contributed by atoms with van der Waals surface area (Å²) < 4.78 is 6.88. The van der Waals surface area contributed by atoms with Gasteiger partial charge in [-0.1, -0.05) is 28.4 Å². The van der Waals surface area contributed by atoms with Crippen LogP contribution < -0.4 is 0 Å². The van der Waals surface area contributed by atoms with Crippen LogP contribution in [0.15, 0.2) is 35.1 Å². The van der Waals surface area contributed by atoms with Gasteiger partial charge in [-0.2, -0.15) is 10.1 Å². The van der Waals surface area contributed by atoms with Gasteiger partial charge in [-0.25, -0.2) is 0 Å². The molecule has 3 aromatic rings. The van der Waals surface area contributed by atoms with E-state index in [4.69, 9.17) is 27.7 Å². The largest absolute Gasteiger partial charge is 0.334 e. The highest BCUT2D eigenvalue weighted by molar-refractivity contribution is 6.36. The SMILES string of the molecule is Cn1cc(/C=C/c2nc(-c3ccc(Cl)cc3Cl)no2)cn1. The number of halogens is 2. The third-order valence-corrected chi connectivity index (χ3v) is 3.30. The van der Waals surface area contributed by atoms with E-state index < -0.39 is 0 Å². The summed E-state index contributed by atoms with van der Waals surface area (Å²) in [6.45, 7) is 0. The van der Waals surface area contributed by atoms with E-state index in [2.05, 4.69) is 15.2 Å². The summed E-state index contributed by atoms with van der Waals surface area (Å²) in [5.74, 6) is 0.808. The lowest BCUT2D eigenvalue weighted by Crippen LogP contribution is -1.83. The molecule has 1 aromatic carbocycles. The fourth-order valence-electron chi connectivity index (χ4n) is 1.78. The lowest BCUT2D eigenvalue weighted by Gasteiger charge is -1.98. The number of rotatable bonds is 3. The van der Waals surface area contributed by atoms with E-state index in [9.17, 15) is 0 Å². The van der Waals surface area contributed by atoms with Gasteiger partial charge in [-0.05, 0) is 24.3 Å². The highest BCUT2D eigenvalue weighted by atomic mass is 35.5. The predicted molar refractivity (Wildman–Crippen MR) is 81.9 cm³/mol. The molecule has 0 aliphatic carbocycles. The summed E-state index contributed by atoms with van der Waals surface area (Å²) in [7, 11) is 1.85. The topological polar surface area (TPSA) is 56.7 Å². The number of hydrogen-bond acceptors (Lipinski definition) is 4. The van der Waals surface area contributed by atoms with Crippen LogP contribution in [0, 0.1) is 0 Å². The Labute approximate surface area is 130 Å².